The van der Waals surface area contributed by atoms with Gasteiger partial charge in [-0.05, 0) is 70.6 Å². The van der Waals surface area contributed by atoms with Crippen LogP contribution in [0.2, 0.25) is 0 Å². The Morgan fingerprint density at radius 3 is 1.44 bits per heavy atom. The predicted octanol–water partition coefficient (Wildman–Crippen LogP) is 15.2. The van der Waals surface area contributed by atoms with Crippen LogP contribution in [0.3, 0.4) is 0 Å². The first-order valence-corrected chi connectivity index (χ1v) is 31.8. The number of aliphatic hydroxyl groups excluding tert-OH is 5. The van der Waals surface area contributed by atoms with E-state index in [4.69, 9.17) is 14.2 Å². The molecule has 0 aliphatic carbocycles. The molecule has 11 heteroatoms. The molecule has 446 valence electrons. The molecular weight excluding hydrogens is 967 g/mol. The third-order valence-corrected chi connectivity index (χ3v) is 14.7. The molecule has 0 bridgehead atoms. The summed E-state index contributed by atoms with van der Waals surface area (Å²) in [6, 6.07) is -1.05. The van der Waals surface area contributed by atoms with Crippen molar-refractivity contribution >= 4 is 11.9 Å². The molecule has 1 aliphatic rings. The zero-order valence-corrected chi connectivity index (χ0v) is 49.3. The Morgan fingerprint density at radius 1 is 0.519 bits per heavy atom. The van der Waals surface area contributed by atoms with Gasteiger partial charge in [0.15, 0.2) is 12.4 Å². The lowest BCUT2D eigenvalue weighted by Crippen LogP contribution is -2.61. The van der Waals surface area contributed by atoms with Gasteiger partial charge in [0.25, 0.3) is 0 Å². The van der Waals surface area contributed by atoms with Gasteiger partial charge in [0.1, 0.15) is 24.4 Å². The van der Waals surface area contributed by atoms with E-state index in [1.54, 1.807) is 6.08 Å². The van der Waals surface area contributed by atoms with Crippen LogP contribution in [0.15, 0.2) is 72.9 Å². The van der Waals surface area contributed by atoms with E-state index in [1.807, 2.05) is 48.6 Å². The van der Waals surface area contributed by atoms with E-state index in [-0.39, 0.29) is 19.4 Å². The number of hydrogen-bond donors (Lipinski definition) is 6. The molecule has 11 nitrogen and oxygen atoms in total. The number of nitrogens with one attached hydrogen (secondary N) is 1. The Kier molecular flexibility index (Phi) is 50.3. The molecule has 77 heavy (non-hydrogen) atoms. The summed E-state index contributed by atoms with van der Waals surface area (Å²) in [5, 5.41) is 56.8. The van der Waals surface area contributed by atoms with Gasteiger partial charge in [0, 0.05) is 6.42 Å². The van der Waals surface area contributed by atoms with Crippen LogP contribution in [0.1, 0.15) is 271 Å². The second kappa shape index (κ2) is 53.7. The van der Waals surface area contributed by atoms with Gasteiger partial charge in [-0.2, -0.15) is 0 Å². The van der Waals surface area contributed by atoms with Crippen LogP contribution in [-0.4, -0.2) is 99.6 Å². The van der Waals surface area contributed by atoms with Crippen LogP contribution in [0.25, 0.3) is 0 Å². The lowest BCUT2D eigenvalue weighted by atomic mass is 9.99. The largest absolute Gasteiger partial charge is 0.454 e. The second-order valence-electron chi connectivity index (χ2n) is 21.8. The SMILES string of the molecule is CC/C=C/C=C/C=C\C=C/CCCCC(O)C(=O)NC(COC1OC(CO)C(O)C(O)C1OC(=O)CCCCCCCCCCCCCCCCC/C=C/CCCCCCCC)C(O)/C=C/CCCCCCCCCCC. The molecule has 0 aromatic heterocycles. The number of aliphatic hydroxyl groups is 5. The maximum absolute atomic E-state index is 13.3. The fourth-order valence-corrected chi connectivity index (χ4v) is 9.66. The van der Waals surface area contributed by atoms with Crippen molar-refractivity contribution in [2.75, 3.05) is 13.2 Å². The average Bonchev–Trinajstić information content (AvgIpc) is 3.43. The standard InChI is InChI=1S/C66H117NO10/c1-4-7-10-13-16-19-22-24-25-26-27-28-29-30-31-32-33-34-35-36-39-42-45-48-51-54-61(71)77-64-63(73)62(72)60(55-68)76-66(64)75-56-57(58(69)52-49-46-43-40-37-21-18-15-12-9-6-3)67-65(74)59(70)53-50-47-44-41-38-23-20-17-14-11-8-5-2/h8,11,14,17,20,23-25,38,41,49,52,57-60,62-64,66,68-70,72-73H,4-7,9-10,12-13,15-16,18-19,21-22,26-37,39-40,42-48,50-51,53-56H2,1-3H3,(H,67,74)/b11-8+,17-14+,23-20-,25-24+,41-38-,52-49+. The summed E-state index contributed by atoms with van der Waals surface area (Å²) in [5.74, 6) is -1.23. The molecule has 1 aliphatic heterocycles. The minimum Gasteiger partial charge on any atom is -0.454 e. The molecule has 0 aromatic carbocycles. The molecule has 0 saturated carbocycles. The molecule has 6 N–H and O–H groups in total. The highest BCUT2D eigenvalue weighted by Crippen LogP contribution is 2.26. The van der Waals surface area contributed by atoms with Gasteiger partial charge >= 0.3 is 5.97 Å². The van der Waals surface area contributed by atoms with Crippen molar-refractivity contribution < 1.29 is 49.3 Å². The summed E-state index contributed by atoms with van der Waals surface area (Å²) in [4.78, 5) is 26.5. The highest BCUT2D eigenvalue weighted by Gasteiger charge is 2.47. The Hall–Kier alpha value is -2.90. The maximum Gasteiger partial charge on any atom is 0.306 e. The van der Waals surface area contributed by atoms with Crippen molar-refractivity contribution in [3.63, 3.8) is 0 Å². The van der Waals surface area contributed by atoms with Gasteiger partial charge in [-0.3, -0.25) is 9.59 Å². The first-order valence-electron chi connectivity index (χ1n) is 31.8. The minimum absolute atomic E-state index is 0.118. The predicted molar refractivity (Wildman–Crippen MR) is 319 cm³/mol. The van der Waals surface area contributed by atoms with Crippen LogP contribution >= 0.6 is 0 Å². The molecule has 1 amide bonds. The minimum atomic E-state index is -1.62. The quantitative estimate of drug-likeness (QED) is 0.0149. The van der Waals surface area contributed by atoms with E-state index in [9.17, 15) is 35.1 Å². The van der Waals surface area contributed by atoms with Crippen LogP contribution in [0.5, 0.6) is 0 Å². The molecule has 0 aromatic rings. The Balaban J connectivity index is 2.57. The number of unbranched alkanes of at least 4 members (excludes halogenated alkanes) is 32. The molecule has 0 spiro atoms. The maximum atomic E-state index is 13.3. The molecule has 1 fully saturated rings. The van der Waals surface area contributed by atoms with Crippen LogP contribution < -0.4 is 5.32 Å². The van der Waals surface area contributed by atoms with E-state index < -0.39 is 67.4 Å². The third kappa shape index (κ3) is 41.7. The molecule has 1 heterocycles. The molecule has 8 unspecified atom stereocenters. The normalized spacial score (nSPS) is 19.5. The number of carbonyl (C=O) groups is 2. The number of carbonyl (C=O) groups excluding carboxylic acids is 2. The fourth-order valence-electron chi connectivity index (χ4n) is 9.66. The number of allylic oxidation sites excluding steroid dienone is 11. The van der Waals surface area contributed by atoms with Gasteiger partial charge in [0.2, 0.25) is 5.91 Å². The van der Waals surface area contributed by atoms with E-state index in [0.29, 0.717) is 12.8 Å². The van der Waals surface area contributed by atoms with Crippen molar-refractivity contribution in [2.24, 2.45) is 0 Å². The second-order valence-corrected chi connectivity index (χ2v) is 21.8. The fraction of sp³-hybridized carbons (Fsp3) is 0.788. The van der Waals surface area contributed by atoms with Crippen LogP contribution in [0.4, 0.5) is 0 Å². The highest BCUT2D eigenvalue weighted by atomic mass is 16.7. The molecule has 1 rings (SSSR count). The van der Waals surface area contributed by atoms with E-state index in [1.165, 1.54) is 161 Å². The van der Waals surface area contributed by atoms with Gasteiger partial charge in [0.05, 0.1) is 25.4 Å². The van der Waals surface area contributed by atoms with Crippen molar-refractivity contribution in [2.45, 2.75) is 320 Å². The van der Waals surface area contributed by atoms with Crippen LogP contribution in [-0.2, 0) is 23.8 Å². The monoisotopic (exact) mass is 1080 g/mol. The van der Waals surface area contributed by atoms with Gasteiger partial charge in [-0.25, -0.2) is 0 Å². The van der Waals surface area contributed by atoms with Crippen molar-refractivity contribution in [1.82, 2.24) is 5.32 Å². The Labute approximate surface area is 471 Å². The third-order valence-electron chi connectivity index (χ3n) is 14.7. The lowest BCUT2D eigenvalue weighted by Gasteiger charge is -2.41. The Bertz CT molecular complexity index is 1530. The summed E-state index contributed by atoms with van der Waals surface area (Å²) in [6.07, 6.45) is 58.3. The molecule has 1 saturated heterocycles. The number of amides is 1. The first-order chi connectivity index (χ1) is 37.7. The summed E-state index contributed by atoms with van der Waals surface area (Å²) in [7, 11) is 0. The van der Waals surface area contributed by atoms with Crippen molar-refractivity contribution in [3.05, 3.63) is 72.9 Å². The summed E-state index contributed by atoms with van der Waals surface area (Å²) >= 11 is 0. The smallest absolute Gasteiger partial charge is 0.306 e. The van der Waals surface area contributed by atoms with Gasteiger partial charge in [-0.1, -0.05) is 267 Å². The number of ether oxygens (including phenoxy) is 3. The number of esters is 1. The van der Waals surface area contributed by atoms with E-state index in [2.05, 4.69) is 44.3 Å². The topological polar surface area (TPSA) is 175 Å². The number of hydrogen-bond acceptors (Lipinski definition) is 10. The van der Waals surface area contributed by atoms with Gasteiger partial charge < -0.3 is 45.1 Å². The summed E-state index contributed by atoms with van der Waals surface area (Å²) in [6.45, 7) is 5.61. The lowest BCUT2D eigenvalue weighted by molar-refractivity contribution is -0.305. The first kappa shape index (κ1) is 72.1. The van der Waals surface area contributed by atoms with Crippen molar-refractivity contribution in [1.29, 1.82) is 0 Å². The zero-order chi connectivity index (χ0) is 56.1. The summed E-state index contributed by atoms with van der Waals surface area (Å²) in [5.41, 5.74) is 0. The number of rotatable bonds is 53. The van der Waals surface area contributed by atoms with Crippen molar-refractivity contribution in [3.8, 4) is 0 Å². The highest BCUT2D eigenvalue weighted by molar-refractivity contribution is 5.80. The molecule has 8 atom stereocenters. The molecule has 0 radical (unpaired) electrons. The Morgan fingerprint density at radius 2 is 0.948 bits per heavy atom. The summed E-state index contributed by atoms with van der Waals surface area (Å²) < 4.78 is 17.6. The molecular formula is C66H117NO10. The zero-order valence-electron chi connectivity index (χ0n) is 49.3. The van der Waals surface area contributed by atoms with Gasteiger partial charge in [-0.15, -0.1) is 0 Å². The van der Waals surface area contributed by atoms with E-state index in [0.717, 1.165) is 64.2 Å². The average molecular weight is 1080 g/mol. The van der Waals surface area contributed by atoms with Crippen LogP contribution in [0, 0.1) is 0 Å². The van der Waals surface area contributed by atoms with E-state index >= 15 is 0 Å².